The maximum absolute atomic E-state index is 11.5. The fourth-order valence-electron chi connectivity index (χ4n) is 3.82. The zero-order valence-corrected chi connectivity index (χ0v) is 19.2. The highest BCUT2D eigenvalue weighted by molar-refractivity contribution is 4.88. The van der Waals surface area contributed by atoms with Crippen molar-refractivity contribution in [3.8, 4) is 0 Å². The van der Waals surface area contributed by atoms with Crippen LogP contribution in [0.15, 0.2) is 0 Å². The number of hydrogen-bond acceptors (Lipinski definition) is 4. The van der Waals surface area contributed by atoms with E-state index >= 15 is 0 Å². The van der Waals surface area contributed by atoms with Gasteiger partial charge in [-0.3, -0.25) is 0 Å². The summed E-state index contributed by atoms with van der Waals surface area (Å²) in [4.78, 5) is 0. The summed E-state index contributed by atoms with van der Waals surface area (Å²) in [5.74, 6) is 0. The number of aliphatic hydroxyl groups is 2. The third-order valence-corrected chi connectivity index (χ3v) is 5.63. The summed E-state index contributed by atoms with van der Waals surface area (Å²) in [5, 5.41) is 20.4. The minimum Gasteiger partial charge on any atom is -0.394 e. The lowest BCUT2D eigenvalue weighted by atomic mass is 9.83. The molecule has 0 fully saturated rings. The highest BCUT2D eigenvalue weighted by Crippen LogP contribution is 2.31. The topological polar surface area (TPSA) is 58.9 Å². The second-order valence-corrected chi connectivity index (χ2v) is 8.27. The van der Waals surface area contributed by atoms with E-state index in [-0.39, 0.29) is 12.7 Å². The predicted octanol–water partition coefficient (Wildman–Crippen LogP) is 6.02. The standard InChI is InChI=1S/C24H50O4/c1-4-7-10-12-13-14-16-23(28-22-21-27-20-19-25)24(26,17-9-6-3)18-15-11-8-5-2/h23,25-26H,4-22H2,1-3H3. The first-order valence-corrected chi connectivity index (χ1v) is 12.2. The van der Waals surface area contributed by atoms with Crippen LogP contribution in [-0.2, 0) is 9.47 Å². The molecule has 0 bridgehead atoms. The summed E-state index contributed by atoms with van der Waals surface area (Å²) >= 11 is 0. The summed E-state index contributed by atoms with van der Waals surface area (Å²) in [6.45, 7) is 8.01. The maximum Gasteiger partial charge on any atom is 0.0908 e. The molecule has 4 heteroatoms. The Kier molecular flexibility index (Phi) is 20.0. The van der Waals surface area contributed by atoms with E-state index in [1.807, 2.05) is 0 Å². The monoisotopic (exact) mass is 402 g/mol. The Morgan fingerprint density at radius 3 is 1.89 bits per heavy atom. The van der Waals surface area contributed by atoms with Gasteiger partial charge >= 0.3 is 0 Å². The van der Waals surface area contributed by atoms with Crippen LogP contribution in [0.4, 0.5) is 0 Å². The van der Waals surface area contributed by atoms with E-state index in [1.54, 1.807) is 0 Å². The Balaban J connectivity index is 4.69. The fourth-order valence-corrected chi connectivity index (χ4v) is 3.82. The normalized spacial score (nSPS) is 14.9. The van der Waals surface area contributed by atoms with Gasteiger partial charge in [0, 0.05) is 0 Å². The molecular weight excluding hydrogens is 352 g/mol. The fraction of sp³-hybridized carbons (Fsp3) is 1.00. The largest absolute Gasteiger partial charge is 0.394 e. The SMILES string of the molecule is CCCCCCCCC(OCCOCCO)C(O)(CCCC)CCCCCC. The van der Waals surface area contributed by atoms with E-state index in [0.717, 1.165) is 44.9 Å². The van der Waals surface area contributed by atoms with Gasteiger partial charge in [0.2, 0.25) is 0 Å². The molecule has 0 amide bonds. The van der Waals surface area contributed by atoms with Gasteiger partial charge in [-0.1, -0.05) is 97.8 Å². The number of ether oxygens (including phenoxy) is 2. The molecule has 2 atom stereocenters. The van der Waals surface area contributed by atoms with Gasteiger partial charge < -0.3 is 19.7 Å². The third-order valence-electron chi connectivity index (χ3n) is 5.63. The lowest BCUT2D eigenvalue weighted by Crippen LogP contribution is -2.44. The van der Waals surface area contributed by atoms with Gasteiger partial charge in [0.15, 0.2) is 0 Å². The molecule has 0 rings (SSSR count). The number of rotatable bonds is 22. The molecule has 0 saturated carbocycles. The number of aliphatic hydroxyl groups excluding tert-OH is 1. The summed E-state index contributed by atoms with van der Waals surface area (Å²) in [5.41, 5.74) is -0.718. The smallest absolute Gasteiger partial charge is 0.0908 e. The Hall–Kier alpha value is -0.160. The van der Waals surface area contributed by atoms with E-state index in [1.165, 1.54) is 51.4 Å². The van der Waals surface area contributed by atoms with Gasteiger partial charge in [-0.15, -0.1) is 0 Å². The van der Waals surface area contributed by atoms with Gasteiger partial charge in [-0.05, 0) is 19.3 Å². The van der Waals surface area contributed by atoms with E-state index in [9.17, 15) is 5.11 Å². The zero-order valence-electron chi connectivity index (χ0n) is 19.2. The first-order chi connectivity index (χ1) is 13.6. The van der Waals surface area contributed by atoms with Crippen molar-refractivity contribution in [2.45, 2.75) is 129 Å². The van der Waals surface area contributed by atoms with E-state index in [0.29, 0.717) is 19.8 Å². The average Bonchev–Trinajstić information content (AvgIpc) is 2.70. The van der Waals surface area contributed by atoms with Crippen molar-refractivity contribution < 1.29 is 19.7 Å². The van der Waals surface area contributed by atoms with Gasteiger partial charge in [0.1, 0.15) is 0 Å². The first-order valence-electron chi connectivity index (χ1n) is 12.2. The van der Waals surface area contributed by atoms with Gasteiger partial charge in [0.25, 0.3) is 0 Å². The Labute approximate surface area is 175 Å². The molecule has 0 saturated heterocycles. The Morgan fingerprint density at radius 2 is 1.25 bits per heavy atom. The summed E-state index contributed by atoms with van der Waals surface area (Å²) < 4.78 is 11.5. The minimum atomic E-state index is -0.718. The van der Waals surface area contributed by atoms with Crippen molar-refractivity contribution in [3.05, 3.63) is 0 Å². The quantitative estimate of drug-likeness (QED) is 0.217. The van der Waals surface area contributed by atoms with Crippen LogP contribution < -0.4 is 0 Å². The molecule has 4 nitrogen and oxygen atoms in total. The van der Waals surface area contributed by atoms with Crippen molar-refractivity contribution in [2.24, 2.45) is 0 Å². The van der Waals surface area contributed by atoms with Crippen LogP contribution in [0, 0.1) is 0 Å². The maximum atomic E-state index is 11.5. The molecule has 0 aliphatic heterocycles. The molecule has 28 heavy (non-hydrogen) atoms. The van der Waals surface area contributed by atoms with Crippen molar-refractivity contribution in [3.63, 3.8) is 0 Å². The van der Waals surface area contributed by atoms with Gasteiger partial charge in [0.05, 0.1) is 38.1 Å². The van der Waals surface area contributed by atoms with Crippen LogP contribution >= 0.6 is 0 Å². The van der Waals surface area contributed by atoms with Crippen molar-refractivity contribution in [1.29, 1.82) is 0 Å². The molecular formula is C24H50O4. The second kappa shape index (κ2) is 20.1. The van der Waals surface area contributed by atoms with Crippen LogP contribution in [-0.4, -0.2) is 48.3 Å². The molecule has 0 heterocycles. The molecule has 0 aromatic carbocycles. The minimum absolute atomic E-state index is 0.0407. The molecule has 0 aromatic heterocycles. The van der Waals surface area contributed by atoms with Crippen molar-refractivity contribution in [1.82, 2.24) is 0 Å². The molecule has 0 aromatic rings. The van der Waals surface area contributed by atoms with Crippen LogP contribution in [0.2, 0.25) is 0 Å². The molecule has 0 radical (unpaired) electrons. The molecule has 0 aliphatic carbocycles. The summed E-state index contributed by atoms with van der Waals surface area (Å²) in [6.07, 6.45) is 16.9. The second-order valence-electron chi connectivity index (χ2n) is 8.27. The van der Waals surface area contributed by atoms with Crippen molar-refractivity contribution in [2.75, 3.05) is 26.4 Å². The lowest BCUT2D eigenvalue weighted by molar-refractivity contribution is -0.131. The summed E-state index contributed by atoms with van der Waals surface area (Å²) in [7, 11) is 0. The van der Waals surface area contributed by atoms with E-state index in [2.05, 4.69) is 20.8 Å². The van der Waals surface area contributed by atoms with Gasteiger partial charge in [-0.25, -0.2) is 0 Å². The third kappa shape index (κ3) is 14.8. The van der Waals surface area contributed by atoms with Crippen molar-refractivity contribution >= 4 is 0 Å². The Bertz CT molecular complexity index is 311. The zero-order chi connectivity index (χ0) is 20.9. The highest BCUT2D eigenvalue weighted by Gasteiger charge is 2.36. The van der Waals surface area contributed by atoms with E-state index < -0.39 is 5.60 Å². The lowest BCUT2D eigenvalue weighted by Gasteiger charge is -2.37. The first kappa shape index (κ1) is 27.8. The average molecular weight is 403 g/mol. The number of unbranched alkanes of at least 4 members (excludes halogenated alkanes) is 9. The summed E-state index contributed by atoms with van der Waals surface area (Å²) in [6, 6.07) is 0. The Morgan fingerprint density at radius 1 is 0.679 bits per heavy atom. The number of hydrogen-bond donors (Lipinski definition) is 2. The van der Waals surface area contributed by atoms with Gasteiger partial charge in [-0.2, -0.15) is 0 Å². The van der Waals surface area contributed by atoms with E-state index in [4.69, 9.17) is 14.6 Å². The molecule has 2 N–H and O–H groups in total. The molecule has 0 aliphatic rings. The highest BCUT2D eigenvalue weighted by atomic mass is 16.5. The molecule has 0 spiro atoms. The van der Waals surface area contributed by atoms with Crippen LogP contribution in [0.1, 0.15) is 117 Å². The molecule has 170 valence electrons. The van der Waals surface area contributed by atoms with Crippen LogP contribution in [0.5, 0.6) is 0 Å². The molecule has 2 unspecified atom stereocenters. The van der Waals surface area contributed by atoms with Crippen LogP contribution in [0.25, 0.3) is 0 Å². The van der Waals surface area contributed by atoms with Crippen LogP contribution in [0.3, 0.4) is 0 Å². The predicted molar refractivity (Wildman–Crippen MR) is 119 cm³/mol.